The van der Waals surface area contributed by atoms with Gasteiger partial charge in [0.15, 0.2) is 0 Å². The number of fused-ring (bicyclic) bond motifs is 1. The smallest absolute Gasteiger partial charge is 0.123 e. The minimum atomic E-state index is -0.0532. The van der Waals surface area contributed by atoms with Crippen molar-refractivity contribution in [1.82, 2.24) is 4.90 Å². The van der Waals surface area contributed by atoms with Crippen LogP contribution < -0.4 is 10.5 Å². The van der Waals surface area contributed by atoms with Crippen LogP contribution in [0, 0.1) is 5.92 Å². The van der Waals surface area contributed by atoms with Gasteiger partial charge in [-0.25, -0.2) is 0 Å². The Kier molecular flexibility index (Phi) is 3.06. The van der Waals surface area contributed by atoms with Gasteiger partial charge < -0.3 is 10.5 Å². The van der Waals surface area contributed by atoms with Crippen LogP contribution in [0.4, 0.5) is 0 Å². The highest BCUT2D eigenvalue weighted by atomic mass is 16.5. The summed E-state index contributed by atoms with van der Waals surface area (Å²) in [6, 6.07) is 7.22. The summed E-state index contributed by atoms with van der Waals surface area (Å²) in [5.74, 6) is 1.70. The molecule has 3 rings (SSSR count). The molecule has 1 fully saturated rings. The summed E-state index contributed by atoms with van der Waals surface area (Å²) in [7, 11) is 2.20. The van der Waals surface area contributed by atoms with Crippen LogP contribution in [-0.2, 0) is 6.42 Å². The Hall–Kier alpha value is -1.06. The van der Waals surface area contributed by atoms with Crippen molar-refractivity contribution in [3.8, 4) is 5.75 Å². The van der Waals surface area contributed by atoms with E-state index in [-0.39, 0.29) is 5.60 Å². The van der Waals surface area contributed by atoms with Gasteiger partial charge in [0.1, 0.15) is 11.4 Å². The quantitative estimate of drug-likeness (QED) is 0.887. The molecule has 2 aliphatic heterocycles. The fourth-order valence-corrected chi connectivity index (χ4v) is 3.50. The molecule has 1 aromatic carbocycles. The first-order valence-corrected chi connectivity index (χ1v) is 7.20. The van der Waals surface area contributed by atoms with Crippen LogP contribution in [0.15, 0.2) is 18.2 Å². The minimum absolute atomic E-state index is 0.0532. The van der Waals surface area contributed by atoms with E-state index in [2.05, 4.69) is 44.0 Å². The van der Waals surface area contributed by atoms with Crippen molar-refractivity contribution < 1.29 is 4.74 Å². The first kappa shape index (κ1) is 12.9. The van der Waals surface area contributed by atoms with E-state index in [9.17, 15) is 0 Å². The fourth-order valence-electron chi connectivity index (χ4n) is 3.50. The predicted molar refractivity (Wildman–Crippen MR) is 77.4 cm³/mol. The maximum absolute atomic E-state index is 5.95. The predicted octanol–water partition coefficient (Wildman–Crippen LogP) is 2.35. The second-order valence-electron chi connectivity index (χ2n) is 6.70. The maximum Gasteiger partial charge on any atom is 0.123 e. The Morgan fingerprint density at radius 2 is 2.21 bits per heavy atom. The highest BCUT2D eigenvalue weighted by Gasteiger charge is 2.33. The van der Waals surface area contributed by atoms with Gasteiger partial charge in [0.05, 0.1) is 0 Å². The standard InChI is InChI=1S/C16H24N2O/c1-16(2)8-13-7-12(4-5-15(13)19-16)14-6-11(9-17)10-18(14)3/h4-5,7,11,14H,6,8-10,17H2,1-3H3. The lowest BCUT2D eigenvalue weighted by molar-refractivity contribution is 0.138. The molecule has 2 unspecified atom stereocenters. The van der Waals surface area contributed by atoms with E-state index >= 15 is 0 Å². The topological polar surface area (TPSA) is 38.5 Å². The zero-order chi connectivity index (χ0) is 13.6. The SMILES string of the molecule is CN1CC(CN)CC1c1ccc2c(c1)CC(C)(C)O2. The van der Waals surface area contributed by atoms with Crippen LogP contribution >= 0.6 is 0 Å². The summed E-state index contributed by atoms with van der Waals surface area (Å²) in [5, 5.41) is 0. The molecule has 0 radical (unpaired) electrons. The van der Waals surface area contributed by atoms with E-state index < -0.39 is 0 Å². The van der Waals surface area contributed by atoms with Gasteiger partial charge in [0.25, 0.3) is 0 Å². The van der Waals surface area contributed by atoms with Gasteiger partial charge in [-0.05, 0) is 57.0 Å². The van der Waals surface area contributed by atoms with Crippen molar-refractivity contribution >= 4 is 0 Å². The molecule has 2 aliphatic rings. The summed E-state index contributed by atoms with van der Waals surface area (Å²) in [4.78, 5) is 2.43. The monoisotopic (exact) mass is 260 g/mol. The molecule has 1 aromatic rings. The van der Waals surface area contributed by atoms with Crippen LogP contribution in [-0.4, -0.2) is 30.6 Å². The number of nitrogens with two attached hydrogens (primary N) is 1. The largest absolute Gasteiger partial charge is 0.487 e. The van der Waals surface area contributed by atoms with Gasteiger partial charge in [-0.3, -0.25) is 4.90 Å². The van der Waals surface area contributed by atoms with Gasteiger partial charge in [0.2, 0.25) is 0 Å². The molecule has 2 atom stereocenters. The first-order chi connectivity index (χ1) is 8.98. The van der Waals surface area contributed by atoms with Crippen molar-refractivity contribution in [1.29, 1.82) is 0 Å². The Labute approximate surface area is 115 Å². The average molecular weight is 260 g/mol. The number of likely N-dealkylation sites (tertiary alicyclic amines) is 1. The molecule has 0 amide bonds. The summed E-state index contributed by atoms with van der Waals surface area (Å²) in [5.41, 5.74) is 8.53. The van der Waals surface area contributed by atoms with Crippen LogP contribution in [0.1, 0.15) is 37.4 Å². The Morgan fingerprint density at radius 3 is 2.89 bits per heavy atom. The highest BCUT2D eigenvalue weighted by Crippen LogP contribution is 2.39. The van der Waals surface area contributed by atoms with Crippen LogP contribution in [0.2, 0.25) is 0 Å². The van der Waals surface area contributed by atoms with Crippen molar-refractivity contribution in [2.75, 3.05) is 20.1 Å². The fraction of sp³-hybridized carbons (Fsp3) is 0.625. The third-order valence-corrected chi connectivity index (χ3v) is 4.44. The third kappa shape index (κ3) is 2.37. The van der Waals surface area contributed by atoms with E-state index in [1.807, 2.05) is 0 Å². The number of hydrogen-bond donors (Lipinski definition) is 1. The summed E-state index contributed by atoms with van der Waals surface area (Å²) in [6.07, 6.45) is 2.18. The van der Waals surface area contributed by atoms with Crippen molar-refractivity contribution in [3.05, 3.63) is 29.3 Å². The third-order valence-electron chi connectivity index (χ3n) is 4.44. The zero-order valence-corrected chi connectivity index (χ0v) is 12.1. The number of hydrogen-bond acceptors (Lipinski definition) is 3. The number of ether oxygens (including phenoxy) is 1. The lowest BCUT2D eigenvalue weighted by atomic mass is 9.95. The van der Waals surface area contributed by atoms with Crippen LogP contribution in [0.25, 0.3) is 0 Å². The van der Waals surface area contributed by atoms with E-state index in [1.165, 1.54) is 17.5 Å². The number of rotatable bonds is 2. The molecule has 3 nitrogen and oxygen atoms in total. The normalized spacial score (nSPS) is 29.3. The highest BCUT2D eigenvalue weighted by molar-refractivity contribution is 5.42. The molecule has 0 saturated carbocycles. The van der Waals surface area contributed by atoms with Crippen LogP contribution in [0.5, 0.6) is 5.75 Å². The van der Waals surface area contributed by atoms with Crippen LogP contribution in [0.3, 0.4) is 0 Å². The molecule has 0 aromatic heterocycles. The molecule has 1 saturated heterocycles. The van der Waals surface area contributed by atoms with Gasteiger partial charge in [-0.1, -0.05) is 12.1 Å². The molecule has 0 spiro atoms. The Balaban J connectivity index is 1.84. The van der Waals surface area contributed by atoms with Gasteiger partial charge in [-0.2, -0.15) is 0 Å². The van der Waals surface area contributed by atoms with Crippen molar-refractivity contribution in [2.45, 2.75) is 38.3 Å². The number of nitrogens with zero attached hydrogens (tertiary/aromatic N) is 1. The van der Waals surface area contributed by atoms with E-state index in [1.54, 1.807) is 0 Å². The molecule has 0 aliphatic carbocycles. The lowest BCUT2D eigenvalue weighted by Gasteiger charge is -2.20. The second-order valence-corrected chi connectivity index (χ2v) is 6.70. The van der Waals surface area contributed by atoms with Crippen molar-refractivity contribution in [3.63, 3.8) is 0 Å². The molecule has 2 N–H and O–H groups in total. The summed E-state index contributed by atoms with van der Waals surface area (Å²) in [6.45, 7) is 6.21. The zero-order valence-electron chi connectivity index (χ0n) is 12.1. The van der Waals surface area contributed by atoms with E-state index in [0.717, 1.165) is 25.3 Å². The lowest BCUT2D eigenvalue weighted by Crippen LogP contribution is -2.24. The maximum atomic E-state index is 5.95. The second kappa shape index (κ2) is 4.50. The minimum Gasteiger partial charge on any atom is -0.487 e. The van der Waals surface area contributed by atoms with Crippen molar-refractivity contribution in [2.24, 2.45) is 11.7 Å². The average Bonchev–Trinajstić information content (AvgIpc) is 2.86. The Morgan fingerprint density at radius 1 is 1.42 bits per heavy atom. The van der Waals surface area contributed by atoms with E-state index in [4.69, 9.17) is 10.5 Å². The van der Waals surface area contributed by atoms with Gasteiger partial charge in [-0.15, -0.1) is 0 Å². The molecule has 19 heavy (non-hydrogen) atoms. The van der Waals surface area contributed by atoms with Gasteiger partial charge >= 0.3 is 0 Å². The molecular weight excluding hydrogens is 236 g/mol. The summed E-state index contributed by atoms with van der Waals surface area (Å²) < 4.78 is 5.95. The molecule has 104 valence electrons. The summed E-state index contributed by atoms with van der Waals surface area (Å²) >= 11 is 0. The molecule has 0 bridgehead atoms. The Bertz CT molecular complexity index is 484. The van der Waals surface area contributed by atoms with E-state index in [0.29, 0.717) is 12.0 Å². The van der Waals surface area contributed by atoms with Gasteiger partial charge in [0, 0.05) is 19.0 Å². The molecule has 2 heterocycles. The first-order valence-electron chi connectivity index (χ1n) is 7.20. The molecule has 3 heteroatoms. The molecular formula is C16H24N2O. The number of benzene rings is 1.